The molecule has 0 aliphatic heterocycles. The number of hydrogen-bond donors (Lipinski definition) is 0. The molecule has 2 aliphatic carbocycles. The minimum absolute atomic E-state index is 0.176. The lowest BCUT2D eigenvalue weighted by molar-refractivity contribution is 0.661. The summed E-state index contributed by atoms with van der Waals surface area (Å²) in [6, 6.07) is 78.7. The quantitative estimate of drug-likeness (QED) is 0.165. The first kappa shape index (κ1) is 33.4. The van der Waals surface area contributed by atoms with Gasteiger partial charge in [-0.25, -0.2) is 0 Å². The monoisotopic (exact) mass is 727 g/mol. The van der Waals surface area contributed by atoms with Crippen LogP contribution in [0.25, 0.3) is 44.2 Å². The summed E-state index contributed by atoms with van der Waals surface area (Å²) in [5, 5.41) is 2.60. The van der Waals surface area contributed by atoms with Gasteiger partial charge in [0.2, 0.25) is 0 Å². The van der Waals surface area contributed by atoms with Crippen molar-refractivity contribution >= 4 is 27.8 Å². The second-order valence-corrected chi connectivity index (χ2v) is 16.0. The zero-order valence-electron chi connectivity index (χ0n) is 32.2. The largest absolute Gasteiger partial charge is 0.310 e. The van der Waals surface area contributed by atoms with Crippen molar-refractivity contribution in [3.8, 4) is 33.4 Å². The van der Waals surface area contributed by atoms with Crippen molar-refractivity contribution in [1.29, 1.82) is 0 Å². The van der Waals surface area contributed by atoms with E-state index in [0.717, 1.165) is 17.1 Å². The molecule has 0 saturated carbocycles. The Morgan fingerprint density at radius 1 is 0.368 bits per heavy atom. The van der Waals surface area contributed by atoms with Gasteiger partial charge in [0.25, 0.3) is 0 Å². The summed E-state index contributed by atoms with van der Waals surface area (Å²) < 4.78 is 0. The average molecular weight is 728 g/mol. The highest BCUT2D eigenvalue weighted by atomic mass is 15.1. The molecule has 57 heavy (non-hydrogen) atoms. The van der Waals surface area contributed by atoms with E-state index in [1.807, 2.05) is 0 Å². The van der Waals surface area contributed by atoms with Crippen LogP contribution in [0.15, 0.2) is 212 Å². The average Bonchev–Trinajstić information content (AvgIpc) is 3.70. The van der Waals surface area contributed by atoms with Gasteiger partial charge in [-0.05, 0) is 102 Å². The lowest BCUT2D eigenvalue weighted by Crippen LogP contribution is -2.28. The summed E-state index contributed by atoms with van der Waals surface area (Å²) >= 11 is 0. The third-order valence-electron chi connectivity index (χ3n) is 12.7. The van der Waals surface area contributed by atoms with E-state index in [4.69, 9.17) is 0 Å². The Morgan fingerprint density at radius 2 is 0.912 bits per heavy atom. The molecule has 0 N–H and O–H groups in total. The summed E-state index contributed by atoms with van der Waals surface area (Å²) in [5.74, 6) is 0. The van der Waals surface area contributed by atoms with Crippen LogP contribution in [0.4, 0.5) is 17.1 Å². The highest BCUT2D eigenvalue weighted by Crippen LogP contribution is 2.58. The Balaban J connectivity index is 1.19. The molecule has 0 spiro atoms. The number of rotatable bonds is 6. The van der Waals surface area contributed by atoms with Crippen LogP contribution in [0.1, 0.15) is 47.2 Å². The third kappa shape index (κ3) is 4.89. The van der Waals surface area contributed by atoms with Gasteiger partial charge in [0, 0.05) is 22.4 Å². The van der Waals surface area contributed by atoms with E-state index in [-0.39, 0.29) is 5.41 Å². The van der Waals surface area contributed by atoms with Crippen molar-refractivity contribution in [2.24, 2.45) is 0 Å². The van der Waals surface area contributed by atoms with Crippen LogP contribution < -0.4 is 4.90 Å². The van der Waals surface area contributed by atoms with Crippen LogP contribution in [0.3, 0.4) is 0 Å². The van der Waals surface area contributed by atoms with E-state index < -0.39 is 5.41 Å². The molecule has 0 radical (unpaired) electrons. The maximum absolute atomic E-state index is 2.50. The molecule has 0 amide bonds. The number of nitrogens with zero attached hydrogens (tertiary/aromatic N) is 1. The summed E-state index contributed by atoms with van der Waals surface area (Å²) in [6.45, 7) is 4.78. The van der Waals surface area contributed by atoms with Crippen molar-refractivity contribution in [3.05, 3.63) is 246 Å². The Labute approximate surface area is 335 Å². The van der Waals surface area contributed by atoms with Crippen LogP contribution in [0.5, 0.6) is 0 Å². The topological polar surface area (TPSA) is 3.24 Å². The van der Waals surface area contributed by atoms with E-state index in [0.29, 0.717) is 0 Å². The first-order valence-electron chi connectivity index (χ1n) is 20.0. The fraction of sp³-hybridized carbons (Fsp3) is 0.0714. The van der Waals surface area contributed by atoms with Gasteiger partial charge in [-0.15, -0.1) is 0 Å². The van der Waals surface area contributed by atoms with Crippen molar-refractivity contribution in [2.45, 2.75) is 24.7 Å². The van der Waals surface area contributed by atoms with Crippen molar-refractivity contribution in [1.82, 2.24) is 0 Å². The molecule has 2 aliphatic rings. The molecular formula is C56H41N. The Morgan fingerprint density at radius 3 is 1.63 bits per heavy atom. The maximum atomic E-state index is 2.50. The Hall–Kier alpha value is -6.96. The molecule has 1 nitrogen and oxygen atoms in total. The van der Waals surface area contributed by atoms with Gasteiger partial charge in [-0.3, -0.25) is 0 Å². The molecule has 0 atom stereocenters. The second kappa shape index (κ2) is 12.8. The molecule has 0 unspecified atom stereocenters. The molecule has 0 fully saturated rings. The van der Waals surface area contributed by atoms with Crippen molar-refractivity contribution in [2.75, 3.05) is 4.90 Å². The fourth-order valence-electron chi connectivity index (χ4n) is 10.2. The lowest BCUT2D eigenvalue weighted by atomic mass is 9.67. The van der Waals surface area contributed by atoms with Crippen LogP contribution in [0, 0.1) is 0 Å². The second-order valence-electron chi connectivity index (χ2n) is 16.0. The van der Waals surface area contributed by atoms with Gasteiger partial charge in [-0.1, -0.05) is 196 Å². The van der Waals surface area contributed by atoms with E-state index >= 15 is 0 Å². The van der Waals surface area contributed by atoms with E-state index in [2.05, 4.69) is 231 Å². The lowest BCUT2D eigenvalue weighted by Gasteiger charge is -2.35. The van der Waals surface area contributed by atoms with E-state index in [9.17, 15) is 0 Å². The SMILES string of the molecule is CC1(C)c2cc(N(c3ccc4c(c3)C(c3ccccc3)(c3ccccc3)c3ccccc3-4)c3ccccc3-c3ccccc3)ccc2-c2c1ccc1ccccc21. The number of hydrogen-bond acceptors (Lipinski definition) is 1. The first-order valence-corrected chi connectivity index (χ1v) is 20.0. The highest BCUT2D eigenvalue weighted by molar-refractivity contribution is 6.03. The van der Waals surface area contributed by atoms with Crippen LogP contribution in [0.2, 0.25) is 0 Å². The Kier molecular flexibility index (Phi) is 7.50. The predicted octanol–water partition coefficient (Wildman–Crippen LogP) is 14.6. The molecule has 9 aromatic carbocycles. The summed E-state index contributed by atoms with van der Waals surface area (Å²) in [6.07, 6.45) is 0. The minimum atomic E-state index is -0.502. The van der Waals surface area contributed by atoms with Gasteiger partial charge in [0.05, 0.1) is 11.1 Å². The first-order chi connectivity index (χ1) is 28.0. The van der Waals surface area contributed by atoms with Gasteiger partial charge in [0.1, 0.15) is 0 Å². The van der Waals surface area contributed by atoms with Gasteiger partial charge in [-0.2, -0.15) is 0 Å². The molecule has 9 aromatic rings. The predicted molar refractivity (Wildman–Crippen MR) is 239 cm³/mol. The van der Waals surface area contributed by atoms with E-state index in [1.54, 1.807) is 0 Å². The number of fused-ring (bicyclic) bond motifs is 8. The normalized spacial score (nSPS) is 14.1. The molecule has 1 heteroatoms. The van der Waals surface area contributed by atoms with E-state index in [1.165, 1.54) is 77.5 Å². The smallest absolute Gasteiger partial charge is 0.0714 e. The zero-order chi connectivity index (χ0) is 38.1. The maximum Gasteiger partial charge on any atom is 0.0714 e. The molecule has 270 valence electrons. The van der Waals surface area contributed by atoms with Crippen molar-refractivity contribution < 1.29 is 0 Å². The van der Waals surface area contributed by atoms with Crippen LogP contribution in [-0.4, -0.2) is 0 Å². The molecule has 0 heterocycles. The molecule has 11 rings (SSSR count). The van der Waals surface area contributed by atoms with Gasteiger partial charge >= 0.3 is 0 Å². The number of para-hydroxylation sites is 1. The van der Waals surface area contributed by atoms with Crippen LogP contribution in [-0.2, 0) is 10.8 Å². The van der Waals surface area contributed by atoms with Crippen LogP contribution >= 0.6 is 0 Å². The summed E-state index contributed by atoms with van der Waals surface area (Å²) in [4.78, 5) is 2.50. The third-order valence-corrected chi connectivity index (χ3v) is 12.7. The fourth-order valence-corrected chi connectivity index (χ4v) is 10.2. The number of benzene rings is 9. The minimum Gasteiger partial charge on any atom is -0.310 e. The van der Waals surface area contributed by atoms with Gasteiger partial charge < -0.3 is 4.90 Å². The summed E-state index contributed by atoms with van der Waals surface area (Å²) in [7, 11) is 0. The molecule has 0 saturated heterocycles. The standard InChI is InChI=1S/C56H41N/c1-55(2)50-35-30-39-20-12-13-26-45(39)54(50)48-34-32-42(36-51(48)55)57(53-29-17-15-25-44(53)38-18-6-3-7-19-38)43-31-33-47-46-27-14-16-28-49(46)56(52(47)37-43,40-21-8-4-9-22-40)41-23-10-5-11-24-41/h3-37H,1-2H3. The molecular weight excluding hydrogens is 687 g/mol. The number of anilines is 3. The molecule has 0 bridgehead atoms. The highest BCUT2D eigenvalue weighted by Gasteiger charge is 2.46. The van der Waals surface area contributed by atoms with Gasteiger partial charge in [0.15, 0.2) is 0 Å². The molecule has 0 aromatic heterocycles. The van der Waals surface area contributed by atoms with Crippen molar-refractivity contribution in [3.63, 3.8) is 0 Å². The summed E-state index contributed by atoms with van der Waals surface area (Å²) in [5.41, 5.74) is 18.2. The zero-order valence-corrected chi connectivity index (χ0v) is 32.2. The Bertz CT molecular complexity index is 2940.